The second-order valence-corrected chi connectivity index (χ2v) is 6.74. The van der Waals surface area contributed by atoms with Gasteiger partial charge in [0.15, 0.2) is 0 Å². The summed E-state index contributed by atoms with van der Waals surface area (Å²) >= 11 is 6.01. The summed E-state index contributed by atoms with van der Waals surface area (Å²) in [6.45, 7) is 7.38. The highest BCUT2D eigenvalue weighted by Gasteiger charge is 2.24. The Kier molecular flexibility index (Phi) is 5.39. The van der Waals surface area contributed by atoms with Crippen LogP contribution in [0.2, 0.25) is 5.02 Å². The predicted octanol–water partition coefficient (Wildman–Crippen LogP) is 2.97. The van der Waals surface area contributed by atoms with Crippen molar-refractivity contribution in [1.82, 2.24) is 15.0 Å². The molecule has 0 saturated carbocycles. The highest BCUT2D eigenvalue weighted by Crippen LogP contribution is 2.21. The molecule has 25 heavy (non-hydrogen) atoms. The van der Waals surface area contributed by atoms with E-state index in [0.29, 0.717) is 18.1 Å². The topological polar surface area (TPSA) is 49.6 Å². The van der Waals surface area contributed by atoms with Crippen molar-refractivity contribution >= 4 is 17.5 Å². The fourth-order valence-corrected chi connectivity index (χ4v) is 3.30. The van der Waals surface area contributed by atoms with Crippen molar-refractivity contribution in [2.45, 2.75) is 26.8 Å². The molecule has 2 aromatic rings. The van der Waals surface area contributed by atoms with Crippen LogP contribution in [0.3, 0.4) is 0 Å². The average Bonchev–Trinajstić information content (AvgIpc) is 2.91. The van der Waals surface area contributed by atoms with Crippen molar-refractivity contribution in [2.24, 2.45) is 0 Å². The van der Waals surface area contributed by atoms with Gasteiger partial charge in [-0.05, 0) is 26.0 Å². The van der Waals surface area contributed by atoms with Crippen LogP contribution in [0.15, 0.2) is 22.7 Å². The van der Waals surface area contributed by atoms with E-state index in [1.165, 1.54) is 6.07 Å². The number of nitrogens with zero attached hydrogens (tertiary/aromatic N) is 3. The van der Waals surface area contributed by atoms with Gasteiger partial charge < -0.3 is 9.42 Å². The zero-order valence-corrected chi connectivity index (χ0v) is 15.1. The summed E-state index contributed by atoms with van der Waals surface area (Å²) in [5.41, 5.74) is 2.29. The normalized spacial score (nSPS) is 15.6. The van der Waals surface area contributed by atoms with Crippen LogP contribution in [-0.2, 0) is 17.8 Å². The van der Waals surface area contributed by atoms with E-state index in [0.717, 1.165) is 36.7 Å². The second kappa shape index (κ2) is 7.54. The van der Waals surface area contributed by atoms with Crippen molar-refractivity contribution in [3.8, 4) is 0 Å². The number of hydrogen-bond acceptors (Lipinski definition) is 4. The van der Waals surface area contributed by atoms with E-state index < -0.39 is 5.82 Å². The molecule has 134 valence electrons. The van der Waals surface area contributed by atoms with E-state index in [2.05, 4.69) is 10.1 Å². The van der Waals surface area contributed by atoms with Crippen molar-refractivity contribution in [1.29, 1.82) is 0 Å². The molecule has 2 heterocycles. The molecule has 1 aliphatic rings. The van der Waals surface area contributed by atoms with E-state index >= 15 is 0 Å². The molecule has 5 nitrogen and oxygen atoms in total. The highest BCUT2D eigenvalue weighted by atomic mass is 35.5. The lowest BCUT2D eigenvalue weighted by molar-refractivity contribution is -0.132. The fourth-order valence-electron chi connectivity index (χ4n) is 3.07. The number of benzene rings is 1. The van der Waals surface area contributed by atoms with Crippen LogP contribution in [0.5, 0.6) is 0 Å². The molecule has 1 amide bonds. The minimum absolute atomic E-state index is 0.00459. The van der Waals surface area contributed by atoms with E-state index in [-0.39, 0.29) is 17.9 Å². The van der Waals surface area contributed by atoms with Crippen LogP contribution < -0.4 is 0 Å². The molecule has 3 rings (SSSR count). The molecule has 1 saturated heterocycles. The second-order valence-electron chi connectivity index (χ2n) is 6.34. The number of carbonyl (C=O) groups is 1. The van der Waals surface area contributed by atoms with Crippen molar-refractivity contribution < 1.29 is 13.7 Å². The third-order valence-corrected chi connectivity index (χ3v) is 5.03. The number of amides is 1. The molecule has 7 heteroatoms. The molecule has 0 aliphatic carbocycles. The van der Waals surface area contributed by atoms with E-state index in [9.17, 15) is 9.18 Å². The minimum Gasteiger partial charge on any atom is -0.361 e. The summed E-state index contributed by atoms with van der Waals surface area (Å²) < 4.78 is 19.0. The molecule has 0 bridgehead atoms. The lowest BCUT2D eigenvalue weighted by Gasteiger charge is -2.34. The molecule has 0 unspecified atom stereocenters. The van der Waals surface area contributed by atoms with Gasteiger partial charge in [-0.15, -0.1) is 0 Å². The molecule has 0 spiro atoms. The quantitative estimate of drug-likeness (QED) is 0.835. The van der Waals surface area contributed by atoms with E-state index in [1.807, 2.05) is 13.8 Å². The van der Waals surface area contributed by atoms with Crippen molar-refractivity contribution in [3.05, 3.63) is 51.6 Å². The molecule has 1 aromatic heterocycles. The van der Waals surface area contributed by atoms with Gasteiger partial charge in [0, 0.05) is 48.9 Å². The Bertz CT molecular complexity index is 730. The van der Waals surface area contributed by atoms with Gasteiger partial charge in [-0.1, -0.05) is 22.8 Å². The van der Waals surface area contributed by atoms with Gasteiger partial charge in [0.2, 0.25) is 5.91 Å². The van der Waals surface area contributed by atoms with Gasteiger partial charge >= 0.3 is 0 Å². The average molecular weight is 366 g/mol. The molecule has 1 fully saturated rings. The third kappa shape index (κ3) is 4.02. The van der Waals surface area contributed by atoms with Crippen LogP contribution in [0.4, 0.5) is 4.39 Å². The Balaban J connectivity index is 1.56. The highest BCUT2D eigenvalue weighted by molar-refractivity contribution is 6.31. The van der Waals surface area contributed by atoms with Crippen molar-refractivity contribution in [3.63, 3.8) is 0 Å². The maximum atomic E-state index is 13.8. The molecule has 0 radical (unpaired) electrons. The fraction of sp³-hybridized carbons (Fsp3) is 0.444. The first kappa shape index (κ1) is 17.9. The number of carbonyl (C=O) groups excluding carboxylic acids is 1. The largest absolute Gasteiger partial charge is 0.361 e. The van der Waals surface area contributed by atoms with Crippen LogP contribution in [-0.4, -0.2) is 47.0 Å². The maximum Gasteiger partial charge on any atom is 0.227 e. The summed E-state index contributed by atoms with van der Waals surface area (Å²) in [5.74, 6) is 0.312. The number of halogens is 2. The lowest BCUT2D eigenvalue weighted by atomic mass is 10.1. The first-order valence-electron chi connectivity index (χ1n) is 8.30. The number of rotatable bonds is 4. The standard InChI is InChI=1S/C18H21ClFN3O2/c1-12-15(13(2)25-21-12)11-22-6-8-23(9-7-22)18(24)10-14-16(19)4-3-5-17(14)20/h3-5H,6-11H2,1-2H3. The number of aromatic nitrogens is 1. The Labute approximate surface area is 151 Å². The Morgan fingerprint density at radius 3 is 2.56 bits per heavy atom. The van der Waals surface area contributed by atoms with Crippen LogP contribution >= 0.6 is 11.6 Å². The Hall–Kier alpha value is -1.92. The molecular formula is C18H21ClFN3O2. The van der Waals surface area contributed by atoms with Gasteiger partial charge in [-0.3, -0.25) is 9.69 Å². The summed E-state index contributed by atoms with van der Waals surface area (Å²) in [6, 6.07) is 4.48. The van der Waals surface area contributed by atoms with Gasteiger partial charge in [-0.25, -0.2) is 4.39 Å². The maximum absolute atomic E-state index is 13.8. The molecule has 1 aromatic carbocycles. The number of hydrogen-bond donors (Lipinski definition) is 0. The van der Waals surface area contributed by atoms with E-state index in [1.54, 1.807) is 17.0 Å². The molecule has 0 N–H and O–H groups in total. The van der Waals surface area contributed by atoms with Crippen LogP contribution in [0.25, 0.3) is 0 Å². The number of piperazine rings is 1. The minimum atomic E-state index is -0.433. The lowest BCUT2D eigenvalue weighted by Crippen LogP contribution is -2.48. The Morgan fingerprint density at radius 1 is 1.24 bits per heavy atom. The summed E-state index contributed by atoms with van der Waals surface area (Å²) in [4.78, 5) is 16.5. The summed E-state index contributed by atoms with van der Waals surface area (Å²) in [7, 11) is 0. The first-order valence-corrected chi connectivity index (χ1v) is 8.68. The molecule has 0 atom stereocenters. The summed E-state index contributed by atoms with van der Waals surface area (Å²) in [6.07, 6.45) is -0.00459. The SMILES string of the molecule is Cc1noc(C)c1CN1CCN(C(=O)Cc2c(F)cccc2Cl)CC1. The predicted molar refractivity (Wildman–Crippen MR) is 92.9 cm³/mol. The zero-order chi connectivity index (χ0) is 18.0. The smallest absolute Gasteiger partial charge is 0.227 e. The zero-order valence-electron chi connectivity index (χ0n) is 14.4. The van der Waals surface area contributed by atoms with Gasteiger partial charge in [0.05, 0.1) is 12.1 Å². The van der Waals surface area contributed by atoms with Gasteiger partial charge in [-0.2, -0.15) is 0 Å². The van der Waals surface area contributed by atoms with Crippen molar-refractivity contribution in [2.75, 3.05) is 26.2 Å². The molecule has 1 aliphatic heterocycles. The van der Waals surface area contributed by atoms with Crippen LogP contribution in [0.1, 0.15) is 22.6 Å². The first-order chi connectivity index (χ1) is 12.0. The monoisotopic (exact) mass is 365 g/mol. The third-order valence-electron chi connectivity index (χ3n) is 4.68. The van der Waals surface area contributed by atoms with Gasteiger partial charge in [0.25, 0.3) is 0 Å². The van der Waals surface area contributed by atoms with Gasteiger partial charge in [0.1, 0.15) is 11.6 Å². The summed E-state index contributed by atoms with van der Waals surface area (Å²) in [5, 5.41) is 4.27. The number of aryl methyl sites for hydroxylation is 2. The van der Waals surface area contributed by atoms with E-state index in [4.69, 9.17) is 16.1 Å². The van der Waals surface area contributed by atoms with Crippen LogP contribution in [0, 0.1) is 19.7 Å². The Morgan fingerprint density at radius 2 is 1.96 bits per heavy atom. The molecular weight excluding hydrogens is 345 g/mol.